The molecule has 3 aromatic rings. The number of imidazole rings is 1. The Labute approximate surface area is 236 Å². The summed E-state index contributed by atoms with van der Waals surface area (Å²) in [5.41, 5.74) is 4.69. The van der Waals surface area contributed by atoms with Crippen LogP contribution in [0.2, 0.25) is 0 Å². The number of aryl methyl sites for hydroxylation is 1. The molecule has 1 N–H and O–H groups in total. The number of fused-ring (bicyclic) bond motifs is 1. The van der Waals surface area contributed by atoms with E-state index >= 15 is 0 Å². The van der Waals surface area contributed by atoms with E-state index in [4.69, 9.17) is 9.72 Å². The number of ether oxygens (including phenoxy) is 1. The summed E-state index contributed by atoms with van der Waals surface area (Å²) in [5.74, 6) is 3.23. The molecule has 2 aromatic carbocycles. The highest BCUT2D eigenvalue weighted by Crippen LogP contribution is 2.26. The van der Waals surface area contributed by atoms with Gasteiger partial charge in [-0.1, -0.05) is 40.2 Å². The molecule has 1 aliphatic rings. The molecule has 4 rings (SSSR count). The number of anilines is 2. The molecule has 0 atom stereocenters. The van der Waals surface area contributed by atoms with E-state index in [1.165, 1.54) is 56.3 Å². The van der Waals surface area contributed by atoms with Crippen LogP contribution in [0.3, 0.4) is 0 Å². The van der Waals surface area contributed by atoms with Crippen LogP contribution in [0.4, 0.5) is 11.6 Å². The molecule has 6 nitrogen and oxygen atoms in total. The van der Waals surface area contributed by atoms with Crippen molar-refractivity contribution in [2.24, 2.45) is 11.8 Å². The summed E-state index contributed by atoms with van der Waals surface area (Å²) < 4.78 is 7.75. The van der Waals surface area contributed by atoms with E-state index in [0.29, 0.717) is 0 Å². The van der Waals surface area contributed by atoms with Crippen molar-refractivity contribution in [2.45, 2.75) is 79.3 Å². The van der Waals surface area contributed by atoms with Crippen molar-refractivity contribution in [1.29, 1.82) is 0 Å². The summed E-state index contributed by atoms with van der Waals surface area (Å²) in [5, 5.41) is 3.60. The largest absolute Gasteiger partial charge is 0.497 e. The molecule has 0 radical (unpaired) electrons. The van der Waals surface area contributed by atoms with Gasteiger partial charge < -0.3 is 19.5 Å². The minimum absolute atomic E-state index is 0.724. The second-order valence-electron chi connectivity index (χ2n) is 12.2. The predicted octanol–water partition coefficient (Wildman–Crippen LogP) is 7.56. The second kappa shape index (κ2) is 14.7. The van der Waals surface area contributed by atoms with Crippen LogP contribution >= 0.6 is 0 Å². The lowest BCUT2D eigenvalue weighted by Gasteiger charge is -2.26. The topological polar surface area (TPSA) is 45.6 Å². The third-order valence-corrected chi connectivity index (χ3v) is 7.92. The van der Waals surface area contributed by atoms with Gasteiger partial charge in [-0.3, -0.25) is 4.90 Å². The fourth-order valence-corrected chi connectivity index (χ4v) is 5.44. The van der Waals surface area contributed by atoms with Crippen LogP contribution in [0.25, 0.3) is 11.0 Å². The molecule has 1 fully saturated rings. The third-order valence-electron chi connectivity index (χ3n) is 7.92. The van der Waals surface area contributed by atoms with E-state index in [0.717, 1.165) is 73.9 Å². The molecule has 0 saturated carbocycles. The van der Waals surface area contributed by atoms with E-state index < -0.39 is 0 Å². The maximum Gasteiger partial charge on any atom is 0.208 e. The van der Waals surface area contributed by atoms with Crippen molar-refractivity contribution >= 4 is 22.7 Å². The molecule has 39 heavy (non-hydrogen) atoms. The van der Waals surface area contributed by atoms with Gasteiger partial charge in [0, 0.05) is 18.8 Å². The number of rotatable bonds is 15. The minimum Gasteiger partial charge on any atom is -0.497 e. The zero-order chi connectivity index (χ0) is 27.6. The number of likely N-dealkylation sites (tertiary alicyclic amines) is 1. The van der Waals surface area contributed by atoms with Gasteiger partial charge in [0.2, 0.25) is 5.95 Å². The molecule has 1 saturated heterocycles. The molecule has 0 bridgehead atoms. The van der Waals surface area contributed by atoms with Crippen molar-refractivity contribution in [3.63, 3.8) is 0 Å². The normalized spacial score (nSPS) is 14.7. The average Bonchev–Trinajstić information content (AvgIpc) is 3.27. The summed E-state index contributed by atoms with van der Waals surface area (Å²) in [6.07, 6.45) is 7.67. The number of hydrogen-bond acceptors (Lipinski definition) is 5. The van der Waals surface area contributed by atoms with Gasteiger partial charge in [0.25, 0.3) is 0 Å². The Morgan fingerprint density at radius 1 is 0.897 bits per heavy atom. The average molecular weight is 534 g/mol. The first-order chi connectivity index (χ1) is 18.9. The van der Waals surface area contributed by atoms with Crippen molar-refractivity contribution in [3.8, 4) is 5.75 Å². The number of methoxy groups -OCH3 is 1. The van der Waals surface area contributed by atoms with Gasteiger partial charge >= 0.3 is 0 Å². The van der Waals surface area contributed by atoms with Crippen LogP contribution in [0.5, 0.6) is 5.75 Å². The first-order valence-corrected chi connectivity index (χ1v) is 15.3. The van der Waals surface area contributed by atoms with E-state index in [9.17, 15) is 0 Å². The summed E-state index contributed by atoms with van der Waals surface area (Å²) in [7, 11) is 1.70. The van der Waals surface area contributed by atoms with Crippen molar-refractivity contribution in [2.75, 3.05) is 45.2 Å². The molecule has 1 aromatic heterocycles. The van der Waals surface area contributed by atoms with Crippen LogP contribution in [0.1, 0.15) is 71.8 Å². The van der Waals surface area contributed by atoms with Gasteiger partial charge in [-0.05, 0) is 119 Å². The highest BCUT2D eigenvalue weighted by Gasteiger charge is 2.15. The van der Waals surface area contributed by atoms with E-state index in [1.54, 1.807) is 7.11 Å². The van der Waals surface area contributed by atoms with E-state index in [-0.39, 0.29) is 0 Å². The molecule has 0 aliphatic carbocycles. The van der Waals surface area contributed by atoms with Gasteiger partial charge in [-0.15, -0.1) is 0 Å². The molecular formula is C33H51N5O. The Balaban J connectivity index is 1.56. The molecule has 6 heteroatoms. The number of piperidine rings is 1. The monoisotopic (exact) mass is 533 g/mol. The summed E-state index contributed by atoms with van der Waals surface area (Å²) >= 11 is 0. The molecule has 0 spiro atoms. The summed E-state index contributed by atoms with van der Waals surface area (Å²) in [6, 6.07) is 15.0. The van der Waals surface area contributed by atoms with Crippen LogP contribution in [0.15, 0.2) is 42.5 Å². The number of nitrogens with zero attached hydrogens (tertiary/aromatic N) is 4. The van der Waals surface area contributed by atoms with E-state index in [2.05, 4.69) is 77.7 Å². The molecule has 2 heterocycles. The number of aromatic nitrogens is 2. The smallest absolute Gasteiger partial charge is 0.208 e. The van der Waals surface area contributed by atoms with Crippen molar-refractivity contribution in [1.82, 2.24) is 19.4 Å². The minimum atomic E-state index is 0.724. The Morgan fingerprint density at radius 2 is 1.59 bits per heavy atom. The molecule has 1 aliphatic heterocycles. The zero-order valence-corrected chi connectivity index (χ0v) is 25.1. The van der Waals surface area contributed by atoms with Crippen molar-refractivity contribution < 1.29 is 4.74 Å². The van der Waals surface area contributed by atoms with Crippen LogP contribution in [-0.2, 0) is 13.1 Å². The van der Waals surface area contributed by atoms with Crippen LogP contribution in [-0.4, -0.2) is 59.2 Å². The lowest BCUT2D eigenvalue weighted by Crippen LogP contribution is -2.31. The Kier molecular flexibility index (Phi) is 11.1. The maximum atomic E-state index is 5.35. The molecule has 0 amide bonds. The highest BCUT2D eigenvalue weighted by atomic mass is 16.5. The van der Waals surface area contributed by atoms with Gasteiger partial charge in [0.15, 0.2) is 0 Å². The van der Waals surface area contributed by atoms with E-state index in [1.807, 2.05) is 12.1 Å². The third kappa shape index (κ3) is 8.97. The Morgan fingerprint density at radius 3 is 2.23 bits per heavy atom. The van der Waals surface area contributed by atoms with Crippen LogP contribution < -0.4 is 10.1 Å². The first-order valence-electron chi connectivity index (χ1n) is 15.3. The quantitative estimate of drug-likeness (QED) is 0.218. The standard InChI is InChI=1S/C33H51N5O/c1-26(2)16-22-37(23-17-27(3)4)25-28-10-15-31-32(24-28)38(21-9-20-36-18-7-6-8-19-36)33(35-31)34-29-11-13-30(39-5)14-12-29/h10-15,24,26-27H,6-9,16-23,25H2,1-5H3,(H,34,35). The lowest BCUT2D eigenvalue weighted by atomic mass is 10.1. The number of hydrogen-bond donors (Lipinski definition) is 1. The molecular weight excluding hydrogens is 482 g/mol. The van der Waals surface area contributed by atoms with Gasteiger partial charge in [0.1, 0.15) is 5.75 Å². The predicted molar refractivity (Wildman–Crippen MR) is 165 cm³/mol. The SMILES string of the molecule is COc1ccc(Nc2nc3ccc(CN(CCC(C)C)CCC(C)C)cc3n2CCCN2CCCCC2)cc1. The van der Waals surface area contributed by atoms with Gasteiger partial charge in [-0.2, -0.15) is 0 Å². The lowest BCUT2D eigenvalue weighted by molar-refractivity contribution is 0.223. The van der Waals surface area contributed by atoms with Crippen LogP contribution in [0, 0.1) is 11.8 Å². The zero-order valence-electron chi connectivity index (χ0n) is 25.1. The van der Waals surface area contributed by atoms with Gasteiger partial charge in [-0.25, -0.2) is 4.98 Å². The Bertz CT molecular complexity index is 1120. The summed E-state index contributed by atoms with van der Waals surface area (Å²) in [6.45, 7) is 17.2. The maximum absolute atomic E-state index is 5.35. The highest BCUT2D eigenvalue weighted by molar-refractivity contribution is 5.80. The first kappa shape index (κ1) is 29.4. The number of nitrogens with one attached hydrogen (secondary N) is 1. The second-order valence-corrected chi connectivity index (χ2v) is 12.2. The molecule has 0 unspecified atom stereocenters. The fourth-order valence-electron chi connectivity index (χ4n) is 5.44. The Hall–Kier alpha value is -2.57. The number of benzene rings is 2. The van der Waals surface area contributed by atoms with Crippen molar-refractivity contribution in [3.05, 3.63) is 48.0 Å². The summed E-state index contributed by atoms with van der Waals surface area (Å²) in [4.78, 5) is 10.3. The van der Waals surface area contributed by atoms with Gasteiger partial charge in [0.05, 0.1) is 18.1 Å². The fraction of sp³-hybridized carbons (Fsp3) is 0.606. The molecule has 214 valence electrons.